The Morgan fingerprint density at radius 2 is 1.92 bits per heavy atom. The van der Waals surface area contributed by atoms with Gasteiger partial charge < -0.3 is 11.5 Å². The van der Waals surface area contributed by atoms with Crippen LogP contribution in [-0.4, -0.2) is 17.6 Å². The van der Waals surface area contributed by atoms with Gasteiger partial charge in [0.05, 0.1) is 0 Å². The van der Waals surface area contributed by atoms with E-state index in [1.54, 1.807) is 0 Å². The maximum Gasteiger partial charge on any atom is 0.326 e. The maximum atomic E-state index is 10.8. The molecule has 0 spiro atoms. The molecule has 0 saturated heterocycles. The fourth-order valence-corrected chi connectivity index (χ4v) is 0.398. The van der Waals surface area contributed by atoms with Gasteiger partial charge >= 0.3 is 6.03 Å². The first kappa shape index (κ1) is 10.6. The van der Waals surface area contributed by atoms with E-state index in [0.717, 1.165) is 0 Å². The van der Waals surface area contributed by atoms with E-state index in [9.17, 15) is 9.59 Å². The van der Waals surface area contributed by atoms with Crippen LogP contribution in [0.1, 0.15) is 6.92 Å². The van der Waals surface area contributed by atoms with Gasteiger partial charge in [0, 0.05) is 0 Å². The highest BCUT2D eigenvalue weighted by molar-refractivity contribution is 5.84. The van der Waals surface area contributed by atoms with E-state index >= 15 is 0 Å². The molecule has 0 bridgehead atoms. The molecule has 8 nitrogen and oxygen atoms in total. The van der Waals surface area contributed by atoms with Gasteiger partial charge in [-0.1, -0.05) is 0 Å². The molecule has 0 heterocycles. The Morgan fingerprint density at radius 3 is 2.25 bits per heavy atom. The Hall–Kier alpha value is -1.38. The second kappa shape index (κ2) is 3.85. The first-order valence-corrected chi connectivity index (χ1v) is 3.02. The summed E-state index contributed by atoms with van der Waals surface area (Å²) in [5.41, 5.74) is 14.5. The zero-order chi connectivity index (χ0) is 9.78. The van der Waals surface area contributed by atoms with Gasteiger partial charge in [-0.3, -0.25) is 15.6 Å². The van der Waals surface area contributed by atoms with Gasteiger partial charge in [0.15, 0.2) is 5.66 Å². The number of amides is 3. The molecule has 0 aromatic carbocycles. The Bertz CT molecular complexity index is 190. The van der Waals surface area contributed by atoms with Crippen LogP contribution < -0.4 is 33.6 Å². The number of hydrogen-bond donors (Lipinski definition) is 6. The minimum Gasteiger partial charge on any atom is -0.351 e. The molecule has 0 fully saturated rings. The smallest absolute Gasteiger partial charge is 0.326 e. The normalized spacial score (nSPS) is 14.6. The highest BCUT2D eigenvalue weighted by Crippen LogP contribution is 1.89. The van der Waals surface area contributed by atoms with Crippen LogP contribution in [0.4, 0.5) is 4.79 Å². The largest absolute Gasteiger partial charge is 0.351 e. The van der Waals surface area contributed by atoms with E-state index in [4.69, 9.17) is 17.3 Å². The fourth-order valence-electron chi connectivity index (χ4n) is 0.398. The van der Waals surface area contributed by atoms with Crippen LogP contribution in [0.5, 0.6) is 0 Å². The van der Waals surface area contributed by atoms with Crippen molar-refractivity contribution in [2.45, 2.75) is 12.6 Å². The molecule has 0 aliphatic carbocycles. The molecule has 12 heavy (non-hydrogen) atoms. The molecule has 0 aliphatic rings. The summed E-state index contributed by atoms with van der Waals surface area (Å²) in [6, 6.07) is -0.850. The van der Waals surface area contributed by atoms with Gasteiger partial charge in [-0.25, -0.2) is 16.1 Å². The monoisotopic (exact) mass is 176 g/mol. The van der Waals surface area contributed by atoms with Crippen molar-refractivity contribution in [3.8, 4) is 0 Å². The zero-order valence-corrected chi connectivity index (χ0v) is 6.55. The number of nitrogens with one attached hydrogen (secondary N) is 3. The van der Waals surface area contributed by atoms with Gasteiger partial charge in [-0.2, -0.15) is 0 Å². The summed E-state index contributed by atoms with van der Waals surface area (Å²) >= 11 is 0. The van der Waals surface area contributed by atoms with E-state index in [1.807, 2.05) is 10.9 Å². The number of hydrazine groups is 2. The minimum absolute atomic E-state index is 0.684. The van der Waals surface area contributed by atoms with Gasteiger partial charge in [-0.05, 0) is 6.92 Å². The molecule has 1 atom stereocenters. The van der Waals surface area contributed by atoms with Crippen molar-refractivity contribution in [1.29, 1.82) is 0 Å². The average molecular weight is 176 g/mol. The van der Waals surface area contributed by atoms with Crippen LogP contribution in [-0.2, 0) is 4.79 Å². The van der Waals surface area contributed by atoms with Gasteiger partial charge in [0.1, 0.15) is 0 Å². The van der Waals surface area contributed by atoms with E-state index in [0.29, 0.717) is 0 Å². The van der Waals surface area contributed by atoms with Crippen LogP contribution in [0.2, 0.25) is 0 Å². The Labute approximate surface area is 68.8 Å². The van der Waals surface area contributed by atoms with Crippen LogP contribution in [0.15, 0.2) is 0 Å². The highest BCUT2D eigenvalue weighted by Gasteiger charge is 2.27. The number of hydrogen-bond acceptors (Lipinski definition) is 5. The SMILES string of the molecule is C[C@@](N)(NNC(N)=O)C(=O)NN. The Kier molecular flexibility index (Phi) is 3.41. The fraction of sp³-hybridized carbons (Fsp3) is 0.500. The Morgan fingerprint density at radius 1 is 1.42 bits per heavy atom. The van der Waals surface area contributed by atoms with Crippen molar-refractivity contribution >= 4 is 11.9 Å². The number of carbonyl (C=O) groups is 2. The molecular weight excluding hydrogens is 164 g/mol. The van der Waals surface area contributed by atoms with E-state index in [-0.39, 0.29) is 0 Å². The molecule has 0 aromatic heterocycles. The lowest BCUT2D eigenvalue weighted by molar-refractivity contribution is -0.127. The third kappa shape index (κ3) is 3.14. The summed E-state index contributed by atoms with van der Waals surface area (Å²) < 4.78 is 0. The maximum absolute atomic E-state index is 10.8. The molecule has 0 unspecified atom stereocenters. The van der Waals surface area contributed by atoms with Crippen LogP contribution in [0, 0.1) is 0 Å². The molecule has 0 radical (unpaired) electrons. The summed E-state index contributed by atoms with van der Waals surface area (Å²) in [5.74, 6) is 4.12. The van der Waals surface area contributed by atoms with Crippen molar-refractivity contribution in [2.24, 2.45) is 17.3 Å². The number of rotatable bonds is 3. The molecule has 0 saturated carbocycles. The van der Waals surface area contributed by atoms with E-state index in [2.05, 4.69) is 5.43 Å². The highest BCUT2D eigenvalue weighted by atomic mass is 16.2. The second-order valence-electron chi connectivity index (χ2n) is 2.29. The summed E-state index contributed by atoms with van der Waals surface area (Å²) in [6.07, 6.45) is 0. The summed E-state index contributed by atoms with van der Waals surface area (Å²) in [4.78, 5) is 21.0. The van der Waals surface area contributed by atoms with Crippen LogP contribution >= 0.6 is 0 Å². The minimum atomic E-state index is -1.50. The predicted molar refractivity (Wildman–Crippen MR) is 40.8 cm³/mol. The Balaban J connectivity index is 4.03. The lowest BCUT2D eigenvalue weighted by atomic mass is 10.2. The van der Waals surface area contributed by atoms with Crippen molar-refractivity contribution in [1.82, 2.24) is 16.3 Å². The van der Waals surface area contributed by atoms with Gasteiger partial charge in [0.25, 0.3) is 5.91 Å². The lowest BCUT2D eigenvalue weighted by Gasteiger charge is -2.23. The van der Waals surface area contributed by atoms with Crippen LogP contribution in [0.3, 0.4) is 0 Å². The first-order chi connectivity index (χ1) is 5.40. The summed E-state index contributed by atoms with van der Waals surface area (Å²) in [5, 5.41) is 0. The number of primary amides is 1. The average Bonchev–Trinajstić information content (AvgIpc) is 1.99. The molecule has 0 aromatic rings. The van der Waals surface area contributed by atoms with Crippen molar-refractivity contribution < 1.29 is 9.59 Å². The molecule has 3 amide bonds. The number of nitrogens with two attached hydrogens (primary N) is 3. The second-order valence-corrected chi connectivity index (χ2v) is 2.29. The van der Waals surface area contributed by atoms with Crippen molar-refractivity contribution in [3.63, 3.8) is 0 Å². The molecule has 0 aliphatic heterocycles. The third-order valence-electron chi connectivity index (χ3n) is 1.05. The van der Waals surface area contributed by atoms with Gasteiger partial charge in [-0.15, -0.1) is 0 Å². The molecule has 8 heteroatoms. The lowest BCUT2D eigenvalue weighted by Crippen LogP contribution is -2.67. The molecule has 9 N–H and O–H groups in total. The zero-order valence-electron chi connectivity index (χ0n) is 6.55. The number of carbonyl (C=O) groups excluding carboxylic acids is 2. The van der Waals surface area contributed by atoms with Gasteiger partial charge in [0.2, 0.25) is 0 Å². The van der Waals surface area contributed by atoms with E-state index in [1.165, 1.54) is 6.92 Å². The van der Waals surface area contributed by atoms with Crippen LogP contribution in [0.25, 0.3) is 0 Å². The predicted octanol–water partition coefficient (Wildman–Crippen LogP) is -3.18. The van der Waals surface area contributed by atoms with Crippen molar-refractivity contribution in [3.05, 3.63) is 0 Å². The van der Waals surface area contributed by atoms with Crippen molar-refractivity contribution in [2.75, 3.05) is 0 Å². The topological polar surface area (TPSA) is 148 Å². The molecular formula is C4H12N6O2. The number of urea groups is 1. The third-order valence-corrected chi connectivity index (χ3v) is 1.05. The summed E-state index contributed by atoms with van der Waals surface area (Å²) in [7, 11) is 0. The van der Waals surface area contributed by atoms with E-state index < -0.39 is 17.6 Å². The first-order valence-electron chi connectivity index (χ1n) is 3.02. The summed E-state index contributed by atoms with van der Waals surface area (Å²) in [6.45, 7) is 1.31. The molecule has 0 rings (SSSR count). The quantitative estimate of drug-likeness (QED) is 0.116. The standard InChI is InChI=1S/C4H12N6O2/c1-4(6,2(11)8-7)10-9-3(5)12/h10H,6-7H2,1H3,(H,8,11)(H3,5,9,12)/t4-/m1/s1. The molecule has 70 valence electrons.